The fourth-order valence-electron chi connectivity index (χ4n) is 1.77. The van der Waals surface area contributed by atoms with Gasteiger partial charge in [0.1, 0.15) is 11.6 Å². The van der Waals surface area contributed by atoms with Crippen LogP contribution < -0.4 is 16.8 Å². The number of pyridine rings is 1. The second-order valence-corrected chi connectivity index (χ2v) is 4.36. The zero-order valence-electron chi connectivity index (χ0n) is 10.8. The molecular formula is C14H16N4O2. The lowest BCUT2D eigenvalue weighted by Gasteiger charge is -2.08. The second kappa shape index (κ2) is 5.92. The monoisotopic (exact) mass is 272 g/mol. The number of hydrogen-bond acceptors (Lipinski definition) is 5. The summed E-state index contributed by atoms with van der Waals surface area (Å²) in [7, 11) is 0. The summed E-state index contributed by atoms with van der Waals surface area (Å²) in [5, 5.41) is 12.3. The van der Waals surface area contributed by atoms with Crippen molar-refractivity contribution in [2.45, 2.75) is 6.42 Å². The predicted octanol–water partition coefficient (Wildman–Crippen LogP) is 1.12. The maximum absolute atomic E-state index is 11.2. The Kier molecular flexibility index (Phi) is 4.05. The maximum Gasteiger partial charge on any atom is 0.250 e. The van der Waals surface area contributed by atoms with E-state index in [1.165, 1.54) is 12.3 Å². The standard InChI is InChI=1S/C14H16N4O2/c15-12-8-18-13(7-11(12)14(16)20)17-6-5-9-1-3-10(19)4-2-9/h1-4,7-8,19H,5-6,15H2,(H2,16,20)(H,17,18). The molecular weight excluding hydrogens is 256 g/mol. The maximum atomic E-state index is 11.2. The molecule has 104 valence electrons. The number of rotatable bonds is 5. The number of aromatic hydroxyl groups is 1. The van der Waals surface area contributed by atoms with Crippen molar-refractivity contribution >= 4 is 17.4 Å². The lowest BCUT2D eigenvalue weighted by atomic mass is 10.1. The van der Waals surface area contributed by atoms with Crippen LogP contribution in [0.2, 0.25) is 0 Å². The van der Waals surface area contributed by atoms with Gasteiger partial charge < -0.3 is 21.9 Å². The van der Waals surface area contributed by atoms with Gasteiger partial charge in [-0.2, -0.15) is 0 Å². The molecule has 1 aromatic heterocycles. The smallest absolute Gasteiger partial charge is 0.250 e. The van der Waals surface area contributed by atoms with Crippen molar-refractivity contribution in [3.05, 3.63) is 47.7 Å². The Bertz CT molecular complexity index is 611. The van der Waals surface area contributed by atoms with Crippen LogP contribution in [0.3, 0.4) is 0 Å². The lowest BCUT2D eigenvalue weighted by Crippen LogP contribution is -2.15. The van der Waals surface area contributed by atoms with Gasteiger partial charge in [0.2, 0.25) is 0 Å². The topological polar surface area (TPSA) is 114 Å². The first-order valence-corrected chi connectivity index (χ1v) is 6.13. The van der Waals surface area contributed by atoms with Gasteiger partial charge >= 0.3 is 0 Å². The molecule has 20 heavy (non-hydrogen) atoms. The normalized spacial score (nSPS) is 10.2. The molecule has 0 aliphatic heterocycles. The van der Waals surface area contributed by atoms with Crippen molar-refractivity contribution in [2.24, 2.45) is 5.73 Å². The summed E-state index contributed by atoms with van der Waals surface area (Å²) in [5.74, 6) is 0.214. The number of nitrogens with zero attached hydrogens (tertiary/aromatic N) is 1. The molecule has 6 nitrogen and oxygen atoms in total. The van der Waals surface area contributed by atoms with E-state index in [1.807, 2.05) is 12.1 Å². The number of benzene rings is 1. The highest BCUT2D eigenvalue weighted by molar-refractivity contribution is 5.98. The van der Waals surface area contributed by atoms with E-state index in [-0.39, 0.29) is 17.0 Å². The Morgan fingerprint density at radius 2 is 2.00 bits per heavy atom. The largest absolute Gasteiger partial charge is 0.508 e. The summed E-state index contributed by atoms with van der Waals surface area (Å²) >= 11 is 0. The van der Waals surface area contributed by atoms with E-state index in [9.17, 15) is 9.90 Å². The molecule has 0 saturated carbocycles. The number of amides is 1. The molecule has 0 atom stereocenters. The number of carbonyl (C=O) groups is 1. The summed E-state index contributed by atoms with van der Waals surface area (Å²) in [6.45, 7) is 0.639. The Balaban J connectivity index is 1.96. The number of aromatic nitrogens is 1. The number of nitrogens with one attached hydrogen (secondary N) is 1. The number of primary amides is 1. The van der Waals surface area contributed by atoms with E-state index in [0.29, 0.717) is 12.4 Å². The molecule has 1 amide bonds. The van der Waals surface area contributed by atoms with Crippen molar-refractivity contribution in [2.75, 3.05) is 17.6 Å². The van der Waals surface area contributed by atoms with Crippen LogP contribution in [0, 0.1) is 0 Å². The van der Waals surface area contributed by atoms with Gasteiger partial charge in [0, 0.05) is 6.54 Å². The molecule has 0 unspecified atom stereocenters. The third-order valence-corrected chi connectivity index (χ3v) is 2.86. The fraction of sp³-hybridized carbons (Fsp3) is 0.143. The van der Waals surface area contributed by atoms with Crippen molar-refractivity contribution in [1.82, 2.24) is 4.98 Å². The summed E-state index contributed by atoms with van der Waals surface area (Å²) in [6.07, 6.45) is 2.17. The second-order valence-electron chi connectivity index (χ2n) is 4.36. The minimum atomic E-state index is -0.577. The summed E-state index contributed by atoms with van der Waals surface area (Å²) in [4.78, 5) is 15.2. The van der Waals surface area contributed by atoms with Gasteiger partial charge in [0.25, 0.3) is 5.91 Å². The Hall–Kier alpha value is -2.76. The molecule has 0 aliphatic rings. The number of nitrogen functional groups attached to an aromatic ring is 1. The average molecular weight is 272 g/mol. The molecule has 0 spiro atoms. The van der Waals surface area contributed by atoms with E-state index in [1.54, 1.807) is 12.1 Å². The first-order valence-electron chi connectivity index (χ1n) is 6.13. The molecule has 2 rings (SSSR count). The van der Waals surface area contributed by atoms with Crippen molar-refractivity contribution < 1.29 is 9.90 Å². The molecule has 6 heteroatoms. The molecule has 1 heterocycles. The van der Waals surface area contributed by atoms with Gasteiger partial charge in [-0.15, -0.1) is 0 Å². The number of hydrogen-bond donors (Lipinski definition) is 4. The number of carbonyl (C=O) groups excluding carboxylic acids is 1. The molecule has 2 aromatic rings. The number of phenolic OH excluding ortho intramolecular Hbond substituents is 1. The molecule has 0 aliphatic carbocycles. The summed E-state index contributed by atoms with van der Waals surface area (Å²) < 4.78 is 0. The van der Waals surface area contributed by atoms with E-state index in [0.717, 1.165) is 12.0 Å². The first kappa shape index (κ1) is 13.7. The third-order valence-electron chi connectivity index (χ3n) is 2.86. The highest BCUT2D eigenvalue weighted by Crippen LogP contribution is 2.14. The van der Waals surface area contributed by atoms with Gasteiger partial charge in [-0.1, -0.05) is 12.1 Å². The van der Waals surface area contributed by atoms with Crippen LogP contribution in [0.15, 0.2) is 36.5 Å². The van der Waals surface area contributed by atoms with Gasteiger partial charge in [-0.05, 0) is 30.2 Å². The number of phenols is 1. The molecule has 0 saturated heterocycles. The molecule has 6 N–H and O–H groups in total. The zero-order valence-corrected chi connectivity index (χ0v) is 10.8. The average Bonchev–Trinajstić information content (AvgIpc) is 2.42. The highest BCUT2D eigenvalue weighted by atomic mass is 16.3. The van der Waals surface area contributed by atoms with Crippen LogP contribution in [0.1, 0.15) is 15.9 Å². The fourth-order valence-corrected chi connectivity index (χ4v) is 1.77. The molecule has 0 fully saturated rings. The minimum Gasteiger partial charge on any atom is -0.508 e. The van der Waals surface area contributed by atoms with Gasteiger partial charge in [-0.25, -0.2) is 4.98 Å². The van der Waals surface area contributed by atoms with E-state index in [4.69, 9.17) is 11.5 Å². The van der Waals surface area contributed by atoms with Crippen molar-refractivity contribution in [1.29, 1.82) is 0 Å². The third kappa shape index (κ3) is 3.38. The summed E-state index contributed by atoms with van der Waals surface area (Å²) in [5.41, 5.74) is 12.4. The predicted molar refractivity (Wildman–Crippen MR) is 77.5 cm³/mol. The van der Waals surface area contributed by atoms with E-state index < -0.39 is 5.91 Å². The number of anilines is 2. The Labute approximate surface area is 116 Å². The van der Waals surface area contributed by atoms with Crippen LogP contribution in [0.5, 0.6) is 5.75 Å². The van der Waals surface area contributed by atoms with Crippen LogP contribution >= 0.6 is 0 Å². The van der Waals surface area contributed by atoms with Crippen molar-refractivity contribution in [3.63, 3.8) is 0 Å². The minimum absolute atomic E-state index is 0.244. The van der Waals surface area contributed by atoms with Crippen LogP contribution in [0.4, 0.5) is 11.5 Å². The molecule has 0 radical (unpaired) electrons. The number of nitrogens with two attached hydrogens (primary N) is 2. The van der Waals surface area contributed by atoms with Crippen molar-refractivity contribution in [3.8, 4) is 5.75 Å². The van der Waals surface area contributed by atoms with Crippen LogP contribution in [-0.2, 0) is 6.42 Å². The SMILES string of the molecule is NC(=O)c1cc(NCCc2ccc(O)cc2)ncc1N. The summed E-state index contributed by atoms with van der Waals surface area (Å²) in [6, 6.07) is 8.52. The van der Waals surface area contributed by atoms with Gasteiger partial charge in [0.05, 0.1) is 17.4 Å². The zero-order chi connectivity index (χ0) is 14.5. The van der Waals surface area contributed by atoms with Crippen LogP contribution in [0.25, 0.3) is 0 Å². The molecule has 1 aromatic carbocycles. The lowest BCUT2D eigenvalue weighted by molar-refractivity contribution is 0.100. The van der Waals surface area contributed by atoms with Gasteiger partial charge in [0.15, 0.2) is 0 Å². The van der Waals surface area contributed by atoms with E-state index >= 15 is 0 Å². The van der Waals surface area contributed by atoms with E-state index in [2.05, 4.69) is 10.3 Å². The highest BCUT2D eigenvalue weighted by Gasteiger charge is 2.07. The Morgan fingerprint density at radius 3 is 2.65 bits per heavy atom. The molecule has 0 bridgehead atoms. The first-order chi connectivity index (χ1) is 9.56. The van der Waals surface area contributed by atoms with Crippen LogP contribution in [-0.4, -0.2) is 22.5 Å². The quantitative estimate of drug-likeness (QED) is 0.651. The Morgan fingerprint density at radius 1 is 1.30 bits per heavy atom. The van der Waals surface area contributed by atoms with Gasteiger partial charge in [-0.3, -0.25) is 4.79 Å².